The van der Waals surface area contributed by atoms with Crippen LogP contribution in [0.5, 0.6) is 0 Å². The molecule has 1 amide bonds. The van der Waals surface area contributed by atoms with Crippen molar-refractivity contribution in [2.24, 2.45) is 7.05 Å². The van der Waals surface area contributed by atoms with E-state index in [9.17, 15) is 9.59 Å². The molecule has 39 heavy (non-hydrogen) atoms. The minimum Gasteiger partial charge on any atom is -0.336 e. The van der Waals surface area contributed by atoms with Crippen molar-refractivity contribution in [3.63, 3.8) is 0 Å². The molecule has 0 saturated heterocycles. The number of anilines is 3. The third kappa shape index (κ3) is 5.70. The number of rotatable bonds is 5. The van der Waals surface area contributed by atoms with Crippen molar-refractivity contribution in [1.29, 1.82) is 0 Å². The maximum Gasteiger partial charge on any atom is 0.290 e. The molecule has 0 saturated carbocycles. The number of aryl methyl sites for hydroxylation is 2. The average Bonchev–Trinajstić information content (AvgIpc) is 2.92. The first-order valence-corrected chi connectivity index (χ1v) is 12.9. The minimum absolute atomic E-state index is 0.156. The number of fused-ring (bicyclic) bond motifs is 1. The summed E-state index contributed by atoms with van der Waals surface area (Å²) in [5, 5.41) is 13.9. The zero-order valence-electron chi connectivity index (χ0n) is 22.8. The van der Waals surface area contributed by atoms with Crippen LogP contribution in [-0.2, 0) is 25.4 Å². The predicted octanol–water partition coefficient (Wildman–Crippen LogP) is 3.88. The topological polar surface area (TPSA) is 127 Å². The summed E-state index contributed by atoms with van der Waals surface area (Å²) >= 11 is 0. The summed E-state index contributed by atoms with van der Waals surface area (Å²) in [5.74, 6) is 0.257. The number of nitrogens with one attached hydrogen (secondary N) is 3. The lowest BCUT2D eigenvalue weighted by Crippen LogP contribution is -2.25. The first-order valence-electron chi connectivity index (χ1n) is 12.9. The van der Waals surface area contributed by atoms with E-state index in [1.165, 1.54) is 16.4 Å². The molecule has 5 rings (SSSR count). The van der Waals surface area contributed by atoms with Crippen LogP contribution >= 0.6 is 0 Å². The van der Waals surface area contributed by atoms with Gasteiger partial charge in [-0.2, -0.15) is 5.10 Å². The van der Waals surface area contributed by atoms with Gasteiger partial charge in [-0.15, -0.1) is 0 Å². The molecule has 4 heterocycles. The number of carbonyl (C=O) groups excluding carboxylic acids is 1. The highest BCUT2D eigenvalue weighted by Gasteiger charge is 2.18. The van der Waals surface area contributed by atoms with Crippen LogP contribution in [0.4, 0.5) is 17.2 Å². The predicted molar refractivity (Wildman–Crippen MR) is 151 cm³/mol. The summed E-state index contributed by atoms with van der Waals surface area (Å²) in [6.07, 6.45) is 3.97. The lowest BCUT2D eigenvalue weighted by atomic mass is 9.93. The second-order valence-electron chi connectivity index (χ2n) is 10.7. The minimum atomic E-state index is -0.354. The Kier molecular flexibility index (Phi) is 6.96. The van der Waals surface area contributed by atoms with Crippen LogP contribution in [0, 0.1) is 6.92 Å². The van der Waals surface area contributed by atoms with Gasteiger partial charge in [0, 0.05) is 55.1 Å². The van der Waals surface area contributed by atoms with Gasteiger partial charge in [0.05, 0.1) is 17.6 Å². The molecule has 0 unspecified atom stereocenters. The van der Waals surface area contributed by atoms with Crippen molar-refractivity contribution in [3.8, 4) is 11.3 Å². The van der Waals surface area contributed by atoms with E-state index in [2.05, 4.69) is 31.0 Å². The van der Waals surface area contributed by atoms with Gasteiger partial charge >= 0.3 is 0 Å². The van der Waals surface area contributed by atoms with Crippen LogP contribution in [0.1, 0.15) is 53.8 Å². The zero-order chi connectivity index (χ0) is 27.7. The summed E-state index contributed by atoms with van der Waals surface area (Å²) < 4.78 is 1.30. The molecule has 0 aliphatic carbocycles. The molecule has 1 aliphatic rings. The van der Waals surface area contributed by atoms with Gasteiger partial charge in [0.15, 0.2) is 0 Å². The molecule has 3 aromatic heterocycles. The summed E-state index contributed by atoms with van der Waals surface area (Å²) in [7, 11) is 1.61. The lowest BCUT2D eigenvalue weighted by Gasteiger charge is -2.17. The highest BCUT2D eigenvalue weighted by Crippen LogP contribution is 2.26. The molecule has 4 aromatic rings. The van der Waals surface area contributed by atoms with Gasteiger partial charge in [-0.3, -0.25) is 14.6 Å². The highest BCUT2D eigenvalue weighted by atomic mass is 16.2. The first-order chi connectivity index (χ1) is 18.6. The standard InChI is InChI=1S/C29H32N8O2/c1-17-6-7-18(12-21(17)35-27(38)24-15-32-25(16-31-24)29(2,3)4)22-13-23(28(39)37(5)36-22)34-26-9-8-19-14-30-11-10-20(19)33-26/h6-9,12-13,15-16,30H,10-11,14H2,1-5H3,(H,33,34)(H,35,38). The Morgan fingerprint density at radius 3 is 2.62 bits per heavy atom. The fourth-order valence-corrected chi connectivity index (χ4v) is 4.32. The molecular formula is C29H32N8O2. The van der Waals surface area contributed by atoms with Gasteiger partial charge in [0.1, 0.15) is 17.2 Å². The summed E-state index contributed by atoms with van der Waals surface area (Å²) in [5.41, 5.74) is 6.00. The number of amides is 1. The second kappa shape index (κ2) is 10.4. The lowest BCUT2D eigenvalue weighted by molar-refractivity contribution is 0.102. The first kappa shape index (κ1) is 26.2. The molecule has 0 atom stereocenters. The van der Waals surface area contributed by atoms with E-state index in [-0.39, 0.29) is 22.6 Å². The van der Waals surface area contributed by atoms with Crippen LogP contribution in [-0.4, -0.2) is 37.2 Å². The van der Waals surface area contributed by atoms with Crippen molar-refractivity contribution < 1.29 is 4.79 Å². The molecule has 10 heteroatoms. The number of aromatic nitrogens is 5. The van der Waals surface area contributed by atoms with Crippen LogP contribution in [0.3, 0.4) is 0 Å². The van der Waals surface area contributed by atoms with E-state index >= 15 is 0 Å². The van der Waals surface area contributed by atoms with Crippen molar-refractivity contribution in [2.45, 2.75) is 46.1 Å². The van der Waals surface area contributed by atoms with Gasteiger partial charge in [-0.25, -0.2) is 14.6 Å². The Balaban J connectivity index is 1.41. The van der Waals surface area contributed by atoms with Crippen molar-refractivity contribution in [3.05, 3.63) is 87.4 Å². The molecule has 3 N–H and O–H groups in total. The van der Waals surface area contributed by atoms with Crippen LogP contribution in [0.25, 0.3) is 11.3 Å². The zero-order valence-corrected chi connectivity index (χ0v) is 22.8. The molecule has 0 radical (unpaired) electrons. The van der Waals surface area contributed by atoms with Crippen LogP contribution in [0.2, 0.25) is 0 Å². The number of benzene rings is 1. The largest absolute Gasteiger partial charge is 0.336 e. The molecule has 0 bridgehead atoms. The third-order valence-electron chi connectivity index (χ3n) is 6.68. The number of carbonyl (C=O) groups is 1. The quantitative estimate of drug-likeness (QED) is 0.359. The fourth-order valence-electron chi connectivity index (χ4n) is 4.32. The molecular weight excluding hydrogens is 492 g/mol. The van der Waals surface area contributed by atoms with Gasteiger partial charge < -0.3 is 16.0 Å². The van der Waals surface area contributed by atoms with E-state index in [4.69, 9.17) is 4.98 Å². The SMILES string of the molecule is Cc1ccc(-c2cc(Nc3ccc4c(n3)CCNC4)c(=O)n(C)n2)cc1NC(=O)c1cnc(C(C)(C)C)cn1. The van der Waals surface area contributed by atoms with Crippen molar-refractivity contribution >= 4 is 23.1 Å². The second-order valence-corrected chi connectivity index (χ2v) is 10.7. The average molecular weight is 525 g/mol. The number of hydrogen-bond acceptors (Lipinski definition) is 8. The number of nitrogens with zero attached hydrogens (tertiary/aromatic N) is 5. The van der Waals surface area contributed by atoms with Gasteiger partial charge in [-0.1, -0.05) is 39.0 Å². The fraction of sp³-hybridized carbons (Fsp3) is 0.310. The molecule has 0 fully saturated rings. The van der Waals surface area contributed by atoms with Crippen LogP contribution < -0.4 is 21.5 Å². The van der Waals surface area contributed by atoms with E-state index < -0.39 is 0 Å². The molecule has 1 aromatic carbocycles. The molecule has 1 aliphatic heterocycles. The Bertz CT molecular complexity index is 1600. The van der Waals surface area contributed by atoms with Gasteiger partial charge in [0.2, 0.25) is 0 Å². The third-order valence-corrected chi connectivity index (χ3v) is 6.68. The summed E-state index contributed by atoms with van der Waals surface area (Å²) in [4.78, 5) is 39.2. The normalized spacial score (nSPS) is 13.1. The Morgan fingerprint density at radius 1 is 1.05 bits per heavy atom. The monoisotopic (exact) mass is 524 g/mol. The number of pyridine rings is 1. The highest BCUT2D eigenvalue weighted by molar-refractivity contribution is 6.03. The molecule has 0 spiro atoms. The van der Waals surface area contributed by atoms with E-state index in [0.29, 0.717) is 22.9 Å². The Morgan fingerprint density at radius 2 is 1.87 bits per heavy atom. The maximum absolute atomic E-state index is 12.9. The Labute approximate surface area is 226 Å². The maximum atomic E-state index is 12.9. The van der Waals surface area contributed by atoms with Crippen molar-refractivity contribution in [2.75, 3.05) is 17.2 Å². The number of hydrogen-bond donors (Lipinski definition) is 3. The van der Waals surface area contributed by atoms with Gasteiger partial charge in [0.25, 0.3) is 11.5 Å². The molecule has 10 nitrogen and oxygen atoms in total. The van der Waals surface area contributed by atoms with E-state index in [0.717, 1.165) is 42.0 Å². The summed E-state index contributed by atoms with van der Waals surface area (Å²) in [6.45, 7) is 9.71. The van der Waals surface area contributed by atoms with E-state index in [1.54, 1.807) is 19.3 Å². The van der Waals surface area contributed by atoms with Crippen LogP contribution in [0.15, 0.2) is 53.6 Å². The van der Waals surface area contributed by atoms with Crippen molar-refractivity contribution in [1.82, 2.24) is 30.0 Å². The summed E-state index contributed by atoms with van der Waals surface area (Å²) in [6, 6.07) is 11.3. The Hall–Kier alpha value is -4.44. The van der Waals surface area contributed by atoms with Gasteiger partial charge in [-0.05, 0) is 36.2 Å². The molecule has 200 valence electrons. The van der Waals surface area contributed by atoms with E-state index in [1.807, 2.05) is 58.0 Å². The smallest absolute Gasteiger partial charge is 0.290 e.